The molecule has 5 nitrogen and oxygen atoms in total. The molecule has 1 atom stereocenters. The van der Waals surface area contributed by atoms with E-state index < -0.39 is 5.54 Å². The molecular weight excluding hydrogens is 242 g/mol. The first-order chi connectivity index (χ1) is 8.99. The maximum atomic E-state index is 11.6. The number of nitrogens with two attached hydrogens (primary N) is 1. The molecule has 1 saturated heterocycles. The highest BCUT2D eigenvalue weighted by atomic mass is 16.5. The zero-order chi connectivity index (χ0) is 14.3. The number of primary amides is 1. The minimum Gasteiger partial charge on any atom is -0.381 e. The van der Waals surface area contributed by atoms with Crippen molar-refractivity contribution < 1.29 is 9.53 Å². The average Bonchev–Trinajstić information content (AvgIpc) is 2.43. The van der Waals surface area contributed by atoms with Crippen LogP contribution in [0.5, 0.6) is 0 Å². The molecule has 0 aromatic carbocycles. The zero-order valence-electron chi connectivity index (χ0n) is 12.6. The lowest BCUT2D eigenvalue weighted by Gasteiger charge is -2.34. The lowest BCUT2D eigenvalue weighted by atomic mass is 9.95. The number of amides is 1. The topological polar surface area (TPSA) is 67.6 Å². The van der Waals surface area contributed by atoms with Crippen molar-refractivity contribution in [1.29, 1.82) is 0 Å². The zero-order valence-corrected chi connectivity index (χ0v) is 12.6. The molecule has 1 fully saturated rings. The molecule has 1 unspecified atom stereocenters. The number of hydrogen-bond donors (Lipinski definition) is 2. The summed E-state index contributed by atoms with van der Waals surface area (Å²) in [5.41, 5.74) is 4.93. The normalized spacial score (nSPS) is 20.4. The third kappa shape index (κ3) is 5.09. The van der Waals surface area contributed by atoms with E-state index in [1.54, 1.807) is 0 Å². The quantitative estimate of drug-likeness (QED) is 0.683. The summed E-state index contributed by atoms with van der Waals surface area (Å²) in [7, 11) is 2.12. The number of hydrogen-bond acceptors (Lipinski definition) is 4. The molecule has 0 aromatic heterocycles. The average molecular weight is 271 g/mol. The Kier molecular flexibility index (Phi) is 6.75. The van der Waals surface area contributed by atoms with Crippen molar-refractivity contribution in [3.05, 3.63) is 0 Å². The summed E-state index contributed by atoms with van der Waals surface area (Å²) in [6.45, 7) is 7.37. The molecule has 1 aliphatic heterocycles. The van der Waals surface area contributed by atoms with Crippen LogP contribution in [0.25, 0.3) is 0 Å². The minimum atomic E-state index is -0.602. The van der Waals surface area contributed by atoms with Crippen LogP contribution in [-0.4, -0.2) is 55.7 Å². The second kappa shape index (κ2) is 7.82. The highest BCUT2D eigenvalue weighted by Crippen LogP contribution is 2.16. The molecule has 1 rings (SSSR count). The van der Waals surface area contributed by atoms with Crippen LogP contribution in [0.1, 0.15) is 39.5 Å². The first kappa shape index (κ1) is 16.4. The summed E-state index contributed by atoms with van der Waals surface area (Å²) >= 11 is 0. The molecule has 1 heterocycles. The largest absolute Gasteiger partial charge is 0.381 e. The van der Waals surface area contributed by atoms with E-state index in [0.717, 1.165) is 52.0 Å². The fourth-order valence-corrected chi connectivity index (χ4v) is 2.41. The fourth-order valence-electron chi connectivity index (χ4n) is 2.41. The van der Waals surface area contributed by atoms with Gasteiger partial charge in [0, 0.05) is 25.8 Å². The SMILES string of the molecule is CCCNC(C)(CCN(C)C1CCOCC1)C(N)=O. The van der Waals surface area contributed by atoms with Gasteiger partial charge in [-0.2, -0.15) is 0 Å². The maximum Gasteiger partial charge on any atom is 0.237 e. The van der Waals surface area contributed by atoms with Crippen LogP contribution in [0.15, 0.2) is 0 Å². The molecule has 1 amide bonds. The van der Waals surface area contributed by atoms with Crippen LogP contribution in [0.4, 0.5) is 0 Å². The first-order valence-electron chi connectivity index (χ1n) is 7.32. The standard InChI is InChI=1S/C14H29N3O2/c1-4-8-16-14(2,13(15)18)7-9-17(3)12-5-10-19-11-6-12/h12,16H,4-11H2,1-3H3,(H2,15,18). The second-order valence-electron chi connectivity index (χ2n) is 5.70. The van der Waals surface area contributed by atoms with Gasteiger partial charge in [-0.05, 0) is 46.2 Å². The van der Waals surface area contributed by atoms with Gasteiger partial charge in [-0.15, -0.1) is 0 Å². The predicted octanol–water partition coefficient (Wildman–Crippen LogP) is 0.731. The Labute approximate surface area is 116 Å². The van der Waals surface area contributed by atoms with Crippen LogP contribution in [0, 0.1) is 0 Å². The summed E-state index contributed by atoms with van der Waals surface area (Å²) in [6, 6.07) is 0.567. The molecule has 0 saturated carbocycles. The van der Waals surface area contributed by atoms with E-state index in [9.17, 15) is 4.79 Å². The Morgan fingerprint density at radius 1 is 1.47 bits per heavy atom. The Morgan fingerprint density at radius 2 is 2.11 bits per heavy atom. The molecule has 112 valence electrons. The summed E-state index contributed by atoms with van der Waals surface area (Å²) in [5.74, 6) is -0.263. The molecule has 19 heavy (non-hydrogen) atoms. The van der Waals surface area contributed by atoms with Gasteiger partial charge in [0.25, 0.3) is 0 Å². The molecule has 0 radical (unpaired) electrons. The minimum absolute atomic E-state index is 0.263. The molecule has 5 heteroatoms. The van der Waals surface area contributed by atoms with E-state index in [1.807, 2.05) is 6.92 Å². The highest BCUT2D eigenvalue weighted by Gasteiger charge is 2.31. The maximum absolute atomic E-state index is 11.6. The lowest BCUT2D eigenvalue weighted by molar-refractivity contribution is -0.124. The van der Waals surface area contributed by atoms with E-state index in [1.165, 1.54) is 0 Å². The van der Waals surface area contributed by atoms with Gasteiger partial charge in [-0.1, -0.05) is 6.92 Å². The molecule has 0 bridgehead atoms. The van der Waals surface area contributed by atoms with Crippen molar-refractivity contribution >= 4 is 5.91 Å². The van der Waals surface area contributed by atoms with Gasteiger partial charge >= 0.3 is 0 Å². The van der Waals surface area contributed by atoms with Crippen molar-refractivity contribution in [1.82, 2.24) is 10.2 Å². The first-order valence-corrected chi connectivity index (χ1v) is 7.32. The van der Waals surface area contributed by atoms with Gasteiger partial charge in [0.1, 0.15) is 0 Å². The van der Waals surface area contributed by atoms with Crippen molar-refractivity contribution in [2.24, 2.45) is 5.73 Å². The predicted molar refractivity (Wildman–Crippen MR) is 77.0 cm³/mol. The van der Waals surface area contributed by atoms with Crippen LogP contribution >= 0.6 is 0 Å². The number of ether oxygens (including phenoxy) is 1. The Bertz CT molecular complexity index is 280. The molecule has 0 aromatic rings. The van der Waals surface area contributed by atoms with Gasteiger partial charge in [-0.3, -0.25) is 4.79 Å². The van der Waals surface area contributed by atoms with E-state index in [4.69, 9.17) is 10.5 Å². The Balaban J connectivity index is 2.43. The van der Waals surface area contributed by atoms with E-state index >= 15 is 0 Å². The van der Waals surface area contributed by atoms with Crippen LogP contribution in [0.2, 0.25) is 0 Å². The molecule has 0 spiro atoms. The number of nitrogens with zero attached hydrogens (tertiary/aromatic N) is 1. The third-order valence-electron chi connectivity index (χ3n) is 4.09. The van der Waals surface area contributed by atoms with Gasteiger partial charge in [0.05, 0.1) is 5.54 Å². The summed E-state index contributed by atoms with van der Waals surface area (Å²) < 4.78 is 5.37. The third-order valence-corrected chi connectivity index (χ3v) is 4.09. The van der Waals surface area contributed by atoms with Gasteiger partial charge < -0.3 is 20.7 Å². The molecule has 0 aliphatic carbocycles. The number of carbonyl (C=O) groups excluding carboxylic acids is 1. The van der Waals surface area contributed by atoms with Gasteiger partial charge in [0.2, 0.25) is 5.91 Å². The van der Waals surface area contributed by atoms with Crippen molar-refractivity contribution in [3.63, 3.8) is 0 Å². The highest BCUT2D eigenvalue weighted by molar-refractivity contribution is 5.84. The Hall–Kier alpha value is -0.650. The van der Waals surface area contributed by atoms with Crippen LogP contribution in [-0.2, 0) is 9.53 Å². The van der Waals surface area contributed by atoms with E-state index in [2.05, 4.69) is 24.2 Å². The summed E-state index contributed by atoms with van der Waals surface area (Å²) in [4.78, 5) is 14.0. The van der Waals surface area contributed by atoms with Crippen molar-refractivity contribution in [3.8, 4) is 0 Å². The second-order valence-corrected chi connectivity index (χ2v) is 5.70. The summed E-state index contributed by atoms with van der Waals surface area (Å²) in [5, 5.41) is 3.28. The van der Waals surface area contributed by atoms with Gasteiger partial charge in [-0.25, -0.2) is 0 Å². The number of carbonyl (C=O) groups is 1. The van der Waals surface area contributed by atoms with Crippen molar-refractivity contribution in [2.45, 2.75) is 51.1 Å². The molecule has 1 aliphatic rings. The fraction of sp³-hybridized carbons (Fsp3) is 0.929. The van der Waals surface area contributed by atoms with E-state index in [0.29, 0.717) is 6.04 Å². The summed E-state index contributed by atoms with van der Waals surface area (Å²) in [6.07, 6.45) is 3.90. The lowest BCUT2D eigenvalue weighted by Crippen LogP contribution is -2.55. The molecule has 3 N–H and O–H groups in total. The molecular formula is C14H29N3O2. The number of rotatable bonds is 8. The number of nitrogens with one attached hydrogen (secondary N) is 1. The van der Waals surface area contributed by atoms with Crippen LogP contribution < -0.4 is 11.1 Å². The van der Waals surface area contributed by atoms with Crippen molar-refractivity contribution in [2.75, 3.05) is 33.4 Å². The van der Waals surface area contributed by atoms with Gasteiger partial charge in [0.15, 0.2) is 0 Å². The van der Waals surface area contributed by atoms with E-state index in [-0.39, 0.29) is 5.91 Å². The Morgan fingerprint density at radius 3 is 2.63 bits per heavy atom. The smallest absolute Gasteiger partial charge is 0.237 e. The van der Waals surface area contributed by atoms with Crippen LogP contribution in [0.3, 0.4) is 0 Å². The monoisotopic (exact) mass is 271 g/mol.